The van der Waals surface area contributed by atoms with Crippen LogP contribution in [0.5, 0.6) is 0 Å². The van der Waals surface area contributed by atoms with Crippen LogP contribution in [0.3, 0.4) is 0 Å². The van der Waals surface area contributed by atoms with Crippen LogP contribution in [-0.2, 0) is 16.0 Å². The Bertz CT molecular complexity index is 473. The highest BCUT2D eigenvalue weighted by atomic mass is 19.1. The average Bonchev–Trinajstić information content (AvgIpc) is 2.81. The van der Waals surface area contributed by atoms with Crippen molar-refractivity contribution in [3.05, 3.63) is 30.6 Å². The molecule has 0 radical (unpaired) electrons. The summed E-state index contributed by atoms with van der Waals surface area (Å²) < 4.78 is 24.2. The van der Waals surface area contributed by atoms with Gasteiger partial charge in [0, 0.05) is 6.54 Å². The summed E-state index contributed by atoms with van der Waals surface area (Å²) in [5.74, 6) is 0. The van der Waals surface area contributed by atoms with Gasteiger partial charge in [-0.3, -0.25) is 0 Å². The molecule has 0 saturated carbocycles. The van der Waals surface area contributed by atoms with Crippen molar-refractivity contribution in [1.82, 2.24) is 9.55 Å². The van der Waals surface area contributed by atoms with Crippen LogP contribution in [0.15, 0.2) is 30.6 Å². The van der Waals surface area contributed by atoms with E-state index in [0.29, 0.717) is 19.8 Å². The molecule has 2 aromatic rings. The van der Waals surface area contributed by atoms with Gasteiger partial charge >= 0.3 is 0 Å². The van der Waals surface area contributed by atoms with Crippen molar-refractivity contribution in [3.8, 4) is 0 Å². The number of hydrogen-bond acceptors (Lipinski definition) is 3. The first-order chi connectivity index (χ1) is 8.92. The molecular weight excluding hydrogens is 235 g/mol. The van der Waals surface area contributed by atoms with E-state index in [1.54, 1.807) is 0 Å². The van der Waals surface area contributed by atoms with E-state index in [-0.39, 0.29) is 6.61 Å². The number of aromatic nitrogens is 2. The Labute approximate surface area is 105 Å². The minimum atomic E-state index is -0.443. The summed E-state index contributed by atoms with van der Waals surface area (Å²) in [6, 6.07) is 7.98. The van der Waals surface area contributed by atoms with Gasteiger partial charge in [-0.2, -0.15) is 0 Å². The largest absolute Gasteiger partial charge is 0.377 e. The van der Waals surface area contributed by atoms with E-state index in [4.69, 9.17) is 9.47 Å². The maximum absolute atomic E-state index is 11.7. The molecule has 18 heavy (non-hydrogen) atoms. The molecule has 0 bridgehead atoms. The molecule has 0 fully saturated rings. The fourth-order valence-corrected chi connectivity index (χ4v) is 1.73. The van der Waals surface area contributed by atoms with Crippen LogP contribution in [0.25, 0.3) is 11.0 Å². The number of halogens is 1. The number of nitrogens with zero attached hydrogens (tertiary/aromatic N) is 2. The van der Waals surface area contributed by atoms with Crippen molar-refractivity contribution in [2.75, 3.05) is 33.1 Å². The summed E-state index contributed by atoms with van der Waals surface area (Å²) in [4.78, 5) is 4.30. The van der Waals surface area contributed by atoms with Crippen molar-refractivity contribution < 1.29 is 13.9 Å². The number of benzene rings is 1. The molecule has 98 valence electrons. The van der Waals surface area contributed by atoms with Gasteiger partial charge in [0.05, 0.1) is 43.8 Å². The predicted molar refractivity (Wildman–Crippen MR) is 67.3 cm³/mol. The van der Waals surface area contributed by atoms with Crippen molar-refractivity contribution >= 4 is 11.0 Å². The first kappa shape index (κ1) is 13.0. The molecule has 4 nitrogen and oxygen atoms in total. The summed E-state index contributed by atoms with van der Waals surface area (Å²) in [5, 5.41) is 0. The molecule has 1 aromatic heterocycles. The van der Waals surface area contributed by atoms with Gasteiger partial charge in [-0.25, -0.2) is 9.37 Å². The van der Waals surface area contributed by atoms with Crippen LogP contribution in [0.4, 0.5) is 4.39 Å². The third-order valence-electron chi connectivity index (χ3n) is 2.60. The topological polar surface area (TPSA) is 36.3 Å². The number of hydrogen-bond donors (Lipinski definition) is 0. The lowest BCUT2D eigenvalue weighted by atomic mass is 10.3. The molecule has 0 spiro atoms. The second kappa shape index (κ2) is 7.08. The van der Waals surface area contributed by atoms with Gasteiger partial charge in [0.25, 0.3) is 0 Å². The molecule has 0 aliphatic carbocycles. The molecule has 0 aliphatic heterocycles. The fraction of sp³-hybridized carbons (Fsp3) is 0.462. The fourth-order valence-electron chi connectivity index (χ4n) is 1.73. The van der Waals surface area contributed by atoms with E-state index in [2.05, 4.69) is 9.55 Å². The summed E-state index contributed by atoms with van der Waals surface area (Å²) in [7, 11) is 0. The first-order valence-corrected chi connectivity index (χ1v) is 6.03. The summed E-state index contributed by atoms with van der Waals surface area (Å²) in [6.45, 7) is 1.99. The van der Waals surface area contributed by atoms with Crippen LogP contribution >= 0.6 is 0 Å². The highest BCUT2D eigenvalue weighted by Gasteiger charge is 2.00. The van der Waals surface area contributed by atoms with Gasteiger partial charge in [0.2, 0.25) is 0 Å². The van der Waals surface area contributed by atoms with Crippen molar-refractivity contribution in [1.29, 1.82) is 0 Å². The third-order valence-corrected chi connectivity index (χ3v) is 2.60. The number of imidazole rings is 1. The molecular formula is C13H17FN2O2. The number of para-hydroxylation sites is 2. The molecule has 0 amide bonds. The van der Waals surface area contributed by atoms with Gasteiger partial charge in [0.15, 0.2) is 0 Å². The van der Waals surface area contributed by atoms with Crippen LogP contribution in [-0.4, -0.2) is 42.7 Å². The molecule has 0 N–H and O–H groups in total. The normalized spacial score (nSPS) is 11.2. The Balaban J connectivity index is 1.70. The van der Waals surface area contributed by atoms with Gasteiger partial charge in [-0.05, 0) is 12.1 Å². The van der Waals surface area contributed by atoms with Crippen molar-refractivity contribution in [3.63, 3.8) is 0 Å². The molecule has 1 aromatic carbocycles. The Morgan fingerprint density at radius 1 is 1.06 bits per heavy atom. The van der Waals surface area contributed by atoms with Crippen LogP contribution in [0, 0.1) is 0 Å². The Kier molecular flexibility index (Phi) is 5.11. The Hall–Kier alpha value is -1.46. The van der Waals surface area contributed by atoms with Crippen LogP contribution < -0.4 is 0 Å². The van der Waals surface area contributed by atoms with Gasteiger partial charge in [-0.15, -0.1) is 0 Å². The predicted octanol–water partition coefficient (Wildman–Crippen LogP) is 2.04. The summed E-state index contributed by atoms with van der Waals surface area (Å²) in [5.41, 5.74) is 2.10. The molecule has 0 unspecified atom stereocenters. The monoisotopic (exact) mass is 252 g/mol. The Morgan fingerprint density at radius 3 is 2.67 bits per heavy atom. The van der Waals surface area contributed by atoms with Gasteiger partial charge < -0.3 is 14.0 Å². The van der Waals surface area contributed by atoms with Gasteiger partial charge in [-0.1, -0.05) is 12.1 Å². The SMILES string of the molecule is FCCOCCOCCn1cnc2ccccc21. The lowest BCUT2D eigenvalue weighted by molar-refractivity contribution is 0.0404. The summed E-state index contributed by atoms with van der Waals surface area (Å²) in [6.07, 6.45) is 1.81. The second-order valence-electron chi connectivity index (χ2n) is 3.84. The van der Waals surface area contributed by atoms with E-state index in [1.165, 1.54) is 0 Å². The minimum Gasteiger partial charge on any atom is -0.377 e. The summed E-state index contributed by atoms with van der Waals surface area (Å²) >= 11 is 0. The number of fused-ring (bicyclic) bond motifs is 1. The van der Waals surface area contributed by atoms with Gasteiger partial charge in [0.1, 0.15) is 6.67 Å². The van der Waals surface area contributed by atoms with Crippen LogP contribution in [0.2, 0.25) is 0 Å². The zero-order valence-corrected chi connectivity index (χ0v) is 10.2. The quantitative estimate of drug-likeness (QED) is 0.674. The molecule has 2 rings (SSSR count). The first-order valence-electron chi connectivity index (χ1n) is 6.03. The number of alkyl halides is 1. The molecule has 0 saturated heterocycles. The highest BCUT2D eigenvalue weighted by molar-refractivity contribution is 5.74. The zero-order chi connectivity index (χ0) is 12.6. The van der Waals surface area contributed by atoms with Crippen molar-refractivity contribution in [2.45, 2.75) is 6.54 Å². The zero-order valence-electron chi connectivity index (χ0n) is 10.2. The van der Waals surface area contributed by atoms with Crippen LogP contribution in [0.1, 0.15) is 0 Å². The lowest BCUT2D eigenvalue weighted by Crippen LogP contribution is -2.10. The molecule has 0 atom stereocenters. The second-order valence-corrected chi connectivity index (χ2v) is 3.84. The molecule has 0 aliphatic rings. The van der Waals surface area contributed by atoms with E-state index < -0.39 is 6.67 Å². The maximum Gasteiger partial charge on any atom is 0.113 e. The maximum atomic E-state index is 11.7. The Morgan fingerprint density at radius 2 is 1.83 bits per heavy atom. The molecule has 5 heteroatoms. The minimum absolute atomic E-state index is 0.148. The van der Waals surface area contributed by atoms with E-state index in [1.807, 2.05) is 30.6 Å². The standard InChI is InChI=1S/C13H17FN2O2/c14-5-7-17-9-10-18-8-6-16-11-15-12-3-1-2-4-13(12)16/h1-4,11H,5-10H2. The lowest BCUT2D eigenvalue weighted by Gasteiger charge is -2.06. The number of rotatable bonds is 8. The van der Waals surface area contributed by atoms with Crippen molar-refractivity contribution in [2.24, 2.45) is 0 Å². The van der Waals surface area contributed by atoms with E-state index in [0.717, 1.165) is 17.6 Å². The average molecular weight is 252 g/mol. The third kappa shape index (κ3) is 3.51. The van der Waals surface area contributed by atoms with E-state index in [9.17, 15) is 4.39 Å². The van der Waals surface area contributed by atoms with E-state index >= 15 is 0 Å². The number of ether oxygens (including phenoxy) is 2. The highest BCUT2D eigenvalue weighted by Crippen LogP contribution is 2.11. The molecule has 1 heterocycles. The smallest absolute Gasteiger partial charge is 0.113 e.